The Labute approximate surface area is 280 Å². The quantitative estimate of drug-likeness (QED) is 0.199. The number of fused-ring (bicyclic) bond motifs is 11. The lowest BCUT2D eigenvalue weighted by Crippen LogP contribution is -2.38. The molecule has 0 saturated heterocycles. The largest absolute Gasteiger partial charge is 0.264 e. The van der Waals surface area contributed by atoms with Crippen molar-refractivity contribution in [2.75, 3.05) is 0 Å². The molecule has 0 fully saturated rings. The van der Waals surface area contributed by atoms with Crippen LogP contribution < -0.4 is 0 Å². The summed E-state index contributed by atoms with van der Waals surface area (Å²) in [5.41, 5.74) is 15.5. The Balaban J connectivity index is 1.29. The summed E-state index contributed by atoms with van der Waals surface area (Å²) in [5, 5.41) is 0. The highest BCUT2D eigenvalue weighted by Gasteiger charge is 2.61. The summed E-state index contributed by atoms with van der Waals surface area (Å²) in [6.07, 6.45) is 13.1. The molecule has 3 aliphatic carbocycles. The molecule has 0 amide bonds. The summed E-state index contributed by atoms with van der Waals surface area (Å²) in [6.45, 7) is 2.42. The average molecular weight is 614 g/mol. The first kappa shape index (κ1) is 27.2. The third kappa shape index (κ3) is 3.62. The van der Waals surface area contributed by atoms with Crippen LogP contribution in [0.25, 0.3) is 55.8 Å². The molecular weight excluding hydrogens is 583 g/mol. The fourth-order valence-electron chi connectivity index (χ4n) is 8.89. The first-order chi connectivity index (χ1) is 23.7. The smallest absolute Gasteiger partial charge is 0.0973 e. The van der Waals surface area contributed by atoms with Gasteiger partial charge in [-0.3, -0.25) is 4.98 Å². The third-order valence-corrected chi connectivity index (χ3v) is 11.0. The fourth-order valence-corrected chi connectivity index (χ4v) is 8.89. The molecule has 7 aromatic rings. The maximum atomic E-state index is 5.31. The Hall–Kier alpha value is -5.93. The molecule has 0 saturated carbocycles. The van der Waals surface area contributed by atoms with Crippen molar-refractivity contribution in [1.82, 2.24) is 15.0 Å². The van der Waals surface area contributed by atoms with Crippen LogP contribution in [0.5, 0.6) is 0 Å². The van der Waals surface area contributed by atoms with Gasteiger partial charge in [0, 0.05) is 34.9 Å². The minimum atomic E-state index is -0.400. The zero-order chi connectivity index (χ0) is 31.9. The van der Waals surface area contributed by atoms with Crippen molar-refractivity contribution in [3.63, 3.8) is 0 Å². The molecule has 3 unspecified atom stereocenters. The van der Waals surface area contributed by atoms with Crippen LogP contribution in [-0.2, 0) is 10.8 Å². The number of benzene rings is 5. The molecule has 2 aromatic heterocycles. The maximum absolute atomic E-state index is 5.31. The van der Waals surface area contributed by atoms with Crippen LogP contribution in [0.15, 0.2) is 164 Å². The molecule has 2 heterocycles. The minimum absolute atomic E-state index is 0.164. The summed E-state index contributed by atoms with van der Waals surface area (Å²) < 4.78 is 0. The van der Waals surface area contributed by atoms with Gasteiger partial charge in [-0.05, 0) is 74.8 Å². The second-order valence-corrected chi connectivity index (χ2v) is 13.4. The summed E-state index contributed by atoms with van der Waals surface area (Å²) >= 11 is 0. The van der Waals surface area contributed by atoms with Crippen molar-refractivity contribution in [2.45, 2.75) is 17.8 Å². The Morgan fingerprint density at radius 2 is 1.15 bits per heavy atom. The summed E-state index contributed by atoms with van der Waals surface area (Å²) in [6, 6.07) is 46.0. The Kier molecular flexibility index (Phi) is 5.69. The molecule has 3 heteroatoms. The van der Waals surface area contributed by atoms with Crippen LogP contribution >= 0.6 is 0 Å². The normalized spacial score (nSPS) is 21.2. The molecule has 10 rings (SSSR count). The van der Waals surface area contributed by atoms with Crippen molar-refractivity contribution < 1.29 is 0 Å². The maximum Gasteiger partial charge on any atom is 0.0973 e. The SMILES string of the molecule is CC12C=CC=CC1C1(c3cc(-c4cccnc4)ccc3-c3ccc(-c4nc5ccccc5nc4-c4ccccc4)cc31)c1ccccc12. The van der Waals surface area contributed by atoms with Gasteiger partial charge >= 0.3 is 0 Å². The average Bonchev–Trinajstić information content (AvgIpc) is 3.58. The first-order valence-electron chi connectivity index (χ1n) is 16.6. The lowest BCUT2D eigenvalue weighted by molar-refractivity contribution is 0.372. The van der Waals surface area contributed by atoms with Gasteiger partial charge in [-0.15, -0.1) is 0 Å². The standard InChI is InChI=1S/C45H31N3/c1-44-24-10-9-19-41(44)45(36-16-6-5-15-35(36)44)37-26-30(32-14-11-25-46-28-32)20-22-33(37)34-23-21-31(27-38(34)45)43-42(29-12-3-2-4-13-29)47-39-17-7-8-18-40(39)48-43/h2-28,41H,1H3. The van der Waals surface area contributed by atoms with E-state index in [1.807, 2.05) is 36.7 Å². The number of para-hydroxylation sites is 2. The highest BCUT2D eigenvalue weighted by atomic mass is 14.8. The van der Waals surface area contributed by atoms with E-state index in [4.69, 9.17) is 9.97 Å². The molecule has 1 spiro atoms. The van der Waals surface area contributed by atoms with Crippen LogP contribution in [0.3, 0.4) is 0 Å². The summed E-state index contributed by atoms with van der Waals surface area (Å²) in [4.78, 5) is 15.0. The van der Waals surface area contributed by atoms with Gasteiger partial charge in [-0.25, -0.2) is 9.97 Å². The second-order valence-electron chi connectivity index (χ2n) is 13.4. The molecule has 3 aliphatic rings. The van der Waals surface area contributed by atoms with Crippen molar-refractivity contribution in [2.24, 2.45) is 5.92 Å². The number of pyridine rings is 1. The third-order valence-electron chi connectivity index (χ3n) is 11.0. The summed E-state index contributed by atoms with van der Waals surface area (Å²) in [7, 11) is 0. The van der Waals surface area contributed by atoms with E-state index in [1.54, 1.807) is 0 Å². The number of rotatable bonds is 3. The Bertz CT molecular complexity index is 2480. The summed E-state index contributed by atoms with van der Waals surface area (Å²) in [5.74, 6) is 0.183. The van der Waals surface area contributed by atoms with E-state index in [0.717, 1.165) is 39.1 Å². The molecule has 48 heavy (non-hydrogen) atoms. The van der Waals surface area contributed by atoms with Crippen molar-refractivity contribution in [1.29, 1.82) is 0 Å². The van der Waals surface area contributed by atoms with Crippen LogP contribution in [-0.4, -0.2) is 15.0 Å². The second kappa shape index (κ2) is 10.0. The van der Waals surface area contributed by atoms with Gasteiger partial charge in [0.2, 0.25) is 0 Å². The van der Waals surface area contributed by atoms with Gasteiger partial charge in [0.05, 0.1) is 27.8 Å². The van der Waals surface area contributed by atoms with Crippen LogP contribution in [0, 0.1) is 5.92 Å². The van der Waals surface area contributed by atoms with Crippen molar-refractivity contribution >= 4 is 11.0 Å². The van der Waals surface area contributed by atoms with Gasteiger partial charge in [0.15, 0.2) is 0 Å². The van der Waals surface area contributed by atoms with E-state index in [2.05, 4.69) is 139 Å². The molecule has 3 atom stereocenters. The van der Waals surface area contributed by atoms with E-state index < -0.39 is 5.41 Å². The number of nitrogens with zero attached hydrogens (tertiary/aromatic N) is 3. The monoisotopic (exact) mass is 613 g/mol. The minimum Gasteiger partial charge on any atom is -0.264 e. The first-order valence-corrected chi connectivity index (χ1v) is 16.6. The Morgan fingerprint density at radius 3 is 1.88 bits per heavy atom. The lowest BCUT2D eigenvalue weighted by atomic mass is 9.61. The predicted octanol–water partition coefficient (Wildman–Crippen LogP) is 10.4. The van der Waals surface area contributed by atoms with E-state index in [0.29, 0.717) is 0 Å². The lowest BCUT2D eigenvalue weighted by Gasteiger charge is -2.40. The van der Waals surface area contributed by atoms with E-state index in [1.165, 1.54) is 38.9 Å². The Morgan fingerprint density at radius 1 is 0.521 bits per heavy atom. The number of hydrogen-bond donors (Lipinski definition) is 0. The fraction of sp³-hybridized carbons (Fsp3) is 0.0889. The number of aromatic nitrogens is 3. The number of allylic oxidation sites excluding steroid dienone is 4. The van der Waals surface area contributed by atoms with Gasteiger partial charge in [0.1, 0.15) is 0 Å². The zero-order valence-corrected chi connectivity index (χ0v) is 26.5. The van der Waals surface area contributed by atoms with E-state index >= 15 is 0 Å². The topological polar surface area (TPSA) is 38.7 Å². The van der Waals surface area contributed by atoms with Crippen LogP contribution in [0.1, 0.15) is 29.2 Å². The van der Waals surface area contributed by atoms with Crippen molar-refractivity contribution in [3.05, 3.63) is 186 Å². The van der Waals surface area contributed by atoms with Crippen molar-refractivity contribution in [3.8, 4) is 44.8 Å². The molecule has 3 nitrogen and oxygen atoms in total. The molecule has 0 N–H and O–H groups in total. The molecule has 0 aliphatic heterocycles. The zero-order valence-electron chi connectivity index (χ0n) is 26.5. The van der Waals surface area contributed by atoms with Crippen LogP contribution in [0.2, 0.25) is 0 Å². The van der Waals surface area contributed by atoms with E-state index in [9.17, 15) is 0 Å². The molecule has 0 radical (unpaired) electrons. The highest BCUT2D eigenvalue weighted by Crippen LogP contribution is 2.67. The van der Waals surface area contributed by atoms with Gasteiger partial charge in [0.25, 0.3) is 0 Å². The molecule has 5 aromatic carbocycles. The molecular formula is C45H31N3. The van der Waals surface area contributed by atoms with Crippen LogP contribution in [0.4, 0.5) is 0 Å². The van der Waals surface area contributed by atoms with E-state index in [-0.39, 0.29) is 11.3 Å². The molecule has 0 bridgehead atoms. The van der Waals surface area contributed by atoms with Gasteiger partial charge < -0.3 is 0 Å². The van der Waals surface area contributed by atoms with Gasteiger partial charge in [-0.2, -0.15) is 0 Å². The molecule has 226 valence electrons. The predicted molar refractivity (Wildman–Crippen MR) is 195 cm³/mol. The van der Waals surface area contributed by atoms with Gasteiger partial charge in [-0.1, -0.05) is 128 Å². The highest BCUT2D eigenvalue weighted by molar-refractivity contribution is 5.92. The number of hydrogen-bond acceptors (Lipinski definition) is 3.